The number of non-ortho nitro benzene ring substituents is 1. The summed E-state index contributed by atoms with van der Waals surface area (Å²) in [6.07, 6.45) is 3.42. The maximum Gasteiger partial charge on any atom is 0.407 e. The Labute approximate surface area is 257 Å². The first-order valence-corrected chi connectivity index (χ1v) is 14.9. The zero-order valence-electron chi connectivity index (χ0n) is 24.6. The minimum Gasteiger partial charge on any atom is -0.445 e. The minimum absolute atomic E-state index is 0.0106. The zero-order valence-corrected chi connectivity index (χ0v) is 24.6. The van der Waals surface area contributed by atoms with Crippen LogP contribution in [0.5, 0.6) is 0 Å². The highest BCUT2D eigenvalue weighted by molar-refractivity contribution is 5.94. The summed E-state index contributed by atoms with van der Waals surface area (Å²) in [4.78, 5) is 40.5. The van der Waals surface area contributed by atoms with Crippen molar-refractivity contribution in [1.29, 1.82) is 0 Å². The number of carbonyl (C=O) groups excluding carboxylic acids is 2. The number of hydrogen-bond acceptors (Lipinski definition) is 7. The Bertz CT molecular complexity index is 1450. The van der Waals surface area contributed by atoms with E-state index in [0.29, 0.717) is 50.0 Å². The van der Waals surface area contributed by atoms with E-state index in [-0.39, 0.29) is 42.7 Å². The van der Waals surface area contributed by atoms with Gasteiger partial charge in [-0.1, -0.05) is 54.6 Å². The Morgan fingerprint density at radius 2 is 1.75 bits per heavy atom. The van der Waals surface area contributed by atoms with Crippen molar-refractivity contribution in [2.45, 2.75) is 43.6 Å². The van der Waals surface area contributed by atoms with Crippen LogP contribution in [-0.4, -0.2) is 70.1 Å². The van der Waals surface area contributed by atoms with Crippen LogP contribution >= 0.6 is 0 Å². The van der Waals surface area contributed by atoms with Gasteiger partial charge < -0.3 is 20.1 Å². The third-order valence-electron chi connectivity index (χ3n) is 8.70. The lowest BCUT2D eigenvalue weighted by Crippen LogP contribution is -2.52. The SMILES string of the molecule is C=CCC1CC(NC(=O)OCc2ccc([N+](=O)[O-])cc2)CCN1CC1CN(C(=O)c2ccccc2)CC1(O)c1ccccc1. The molecular weight excluding hydrogens is 560 g/mol. The maximum atomic E-state index is 13.4. The van der Waals surface area contributed by atoms with E-state index >= 15 is 0 Å². The van der Waals surface area contributed by atoms with Gasteiger partial charge in [0, 0.05) is 55.3 Å². The largest absolute Gasteiger partial charge is 0.445 e. The number of nitrogens with zero attached hydrogens (tertiary/aromatic N) is 3. The number of rotatable bonds is 10. The molecule has 2 fully saturated rings. The highest BCUT2D eigenvalue weighted by atomic mass is 16.6. The minimum atomic E-state index is -1.21. The zero-order chi connectivity index (χ0) is 31.1. The molecule has 3 aromatic rings. The molecule has 3 aromatic carbocycles. The number of β-amino-alcohol motifs (C(OH)–C–C–N with tert-alkyl or cyclic N) is 1. The molecule has 10 heteroatoms. The lowest BCUT2D eigenvalue weighted by Gasteiger charge is -2.42. The third-order valence-corrected chi connectivity index (χ3v) is 8.70. The van der Waals surface area contributed by atoms with Crippen LogP contribution in [0.2, 0.25) is 0 Å². The smallest absolute Gasteiger partial charge is 0.407 e. The number of amides is 2. The van der Waals surface area contributed by atoms with Gasteiger partial charge in [0.2, 0.25) is 0 Å². The van der Waals surface area contributed by atoms with Gasteiger partial charge in [0.1, 0.15) is 12.2 Å². The Balaban J connectivity index is 1.23. The second kappa shape index (κ2) is 13.8. The van der Waals surface area contributed by atoms with E-state index in [4.69, 9.17) is 4.74 Å². The number of nitro groups is 1. The molecule has 0 aliphatic carbocycles. The van der Waals surface area contributed by atoms with Gasteiger partial charge in [-0.15, -0.1) is 6.58 Å². The van der Waals surface area contributed by atoms with E-state index in [2.05, 4.69) is 16.8 Å². The van der Waals surface area contributed by atoms with Gasteiger partial charge in [0.05, 0.1) is 11.5 Å². The molecule has 0 saturated carbocycles. The van der Waals surface area contributed by atoms with Gasteiger partial charge in [-0.05, 0) is 54.7 Å². The number of carbonyl (C=O) groups is 2. The number of alkyl carbamates (subject to hydrolysis) is 1. The summed E-state index contributed by atoms with van der Waals surface area (Å²) in [5.41, 5.74) is 0.823. The number of hydrogen-bond donors (Lipinski definition) is 2. The Kier molecular flexibility index (Phi) is 9.72. The molecule has 44 heavy (non-hydrogen) atoms. The number of benzene rings is 3. The second-order valence-electron chi connectivity index (χ2n) is 11.6. The van der Waals surface area contributed by atoms with Gasteiger partial charge in [-0.2, -0.15) is 0 Å². The average molecular weight is 599 g/mol. The fourth-order valence-electron chi connectivity index (χ4n) is 6.35. The predicted octanol–water partition coefficient (Wildman–Crippen LogP) is 4.89. The molecule has 2 N–H and O–H groups in total. The number of piperidine rings is 1. The molecule has 2 aliphatic heterocycles. The van der Waals surface area contributed by atoms with Crippen LogP contribution < -0.4 is 5.32 Å². The van der Waals surface area contributed by atoms with E-state index in [1.807, 2.05) is 54.6 Å². The topological polar surface area (TPSA) is 125 Å². The normalized spacial score (nSPS) is 23.6. The maximum absolute atomic E-state index is 13.4. The summed E-state index contributed by atoms with van der Waals surface area (Å²) in [7, 11) is 0. The molecule has 2 heterocycles. The Morgan fingerprint density at radius 3 is 2.41 bits per heavy atom. The van der Waals surface area contributed by atoms with Crippen molar-refractivity contribution in [3.8, 4) is 0 Å². The summed E-state index contributed by atoms with van der Waals surface area (Å²) in [6, 6.07) is 24.6. The molecule has 5 rings (SSSR count). The van der Waals surface area contributed by atoms with Crippen LogP contribution in [0.3, 0.4) is 0 Å². The highest BCUT2D eigenvalue weighted by Crippen LogP contribution is 2.39. The second-order valence-corrected chi connectivity index (χ2v) is 11.6. The van der Waals surface area contributed by atoms with Gasteiger partial charge in [-0.25, -0.2) is 4.79 Å². The van der Waals surface area contributed by atoms with Crippen molar-refractivity contribution in [2.24, 2.45) is 5.92 Å². The molecule has 2 amide bonds. The van der Waals surface area contributed by atoms with Crippen LogP contribution in [0.1, 0.15) is 40.7 Å². The van der Waals surface area contributed by atoms with E-state index in [0.717, 1.165) is 5.56 Å². The molecule has 4 atom stereocenters. The number of likely N-dealkylation sites (tertiary alicyclic amines) is 2. The van der Waals surface area contributed by atoms with E-state index in [1.165, 1.54) is 12.1 Å². The third kappa shape index (κ3) is 7.15. The van der Waals surface area contributed by atoms with E-state index in [1.54, 1.807) is 29.2 Å². The summed E-state index contributed by atoms with van der Waals surface area (Å²) in [6.45, 7) is 5.87. The Hall–Kier alpha value is -4.54. The fraction of sp³-hybridized carbons (Fsp3) is 0.353. The first-order valence-electron chi connectivity index (χ1n) is 14.9. The first kappa shape index (κ1) is 30.9. The number of nitrogens with one attached hydrogen (secondary N) is 1. The molecule has 4 unspecified atom stereocenters. The number of ether oxygens (including phenoxy) is 1. The van der Waals surface area contributed by atoms with Gasteiger partial charge in [0.25, 0.3) is 11.6 Å². The molecule has 0 radical (unpaired) electrons. The standard InChI is InChI=1S/C34H38N4O6/c1-2-9-31-20-29(35-33(40)44-23-25-14-16-30(17-15-25)38(42)43)18-19-36(31)21-28-22-37(32(39)26-10-5-3-6-11-26)24-34(28,41)27-12-7-4-8-13-27/h2-8,10-17,28-29,31,41H,1,9,18-24H2,(H,35,40). The summed E-state index contributed by atoms with van der Waals surface area (Å²) < 4.78 is 5.38. The van der Waals surface area contributed by atoms with Gasteiger partial charge >= 0.3 is 6.09 Å². The van der Waals surface area contributed by atoms with Crippen molar-refractivity contribution >= 4 is 17.7 Å². The molecule has 230 valence electrons. The molecule has 0 aromatic heterocycles. The van der Waals surface area contributed by atoms with Crippen LogP contribution in [0.4, 0.5) is 10.5 Å². The van der Waals surface area contributed by atoms with Crippen molar-refractivity contribution in [3.63, 3.8) is 0 Å². The molecule has 2 aliphatic rings. The van der Waals surface area contributed by atoms with Crippen LogP contribution in [0.15, 0.2) is 97.6 Å². The lowest BCUT2D eigenvalue weighted by molar-refractivity contribution is -0.384. The van der Waals surface area contributed by atoms with E-state index < -0.39 is 16.6 Å². The molecule has 2 saturated heterocycles. The average Bonchev–Trinajstić information content (AvgIpc) is 3.38. The van der Waals surface area contributed by atoms with Gasteiger partial charge in [0.15, 0.2) is 0 Å². The fourth-order valence-corrected chi connectivity index (χ4v) is 6.35. The van der Waals surface area contributed by atoms with Gasteiger partial charge in [-0.3, -0.25) is 19.8 Å². The van der Waals surface area contributed by atoms with Crippen molar-refractivity contribution in [3.05, 3.63) is 124 Å². The molecule has 0 spiro atoms. The van der Waals surface area contributed by atoms with Crippen molar-refractivity contribution in [2.75, 3.05) is 26.2 Å². The van der Waals surface area contributed by atoms with Crippen molar-refractivity contribution in [1.82, 2.24) is 15.1 Å². The van der Waals surface area contributed by atoms with Crippen LogP contribution in [0, 0.1) is 16.0 Å². The molecular formula is C34H38N4O6. The predicted molar refractivity (Wildman–Crippen MR) is 166 cm³/mol. The molecule has 10 nitrogen and oxygen atoms in total. The van der Waals surface area contributed by atoms with Crippen LogP contribution in [-0.2, 0) is 16.9 Å². The number of nitro benzene ring substituents is 1. The van der Waals surface area contributed by atoms with Crippen molar-refractivity contribution < 1.29 is 24.4 Å². The highest BCUT2D eigenvalue weighted by Gasteiger charge is 2.49. The summed E-state index contributed by atoms with van der Waals surface area (Å²) in [5, 5.41) is 26.0. The Morgan fingerprint density at radius 1 is 1.07 bits per heavy atom. The quantitative estimate of drug-likeness (QED) is 0.193. The summed E-state index contributed by atoms with van der Waals surface area (Å²) >= 11 is 0. The number of aliphatic hydroxyl groups is 1. The lowest BCUT2D eigenvalue weighted by atomic mass is 9.82. The van der Waals surface area contributed by atoms with Crippen LogP contribution in [0.25, 0.3) is 0 Å². The first-order chi connectivity index (χ1) is 21.3. The monoisotopic (exact) mass is 598 g/mol. The van der Waals surface area contributed by atoms with E-state index in [9.17, 15) is 24.8 Å². The molecule has 0 bridgehead atoms. The summed E-state index contributed by atoms with van der Waals surface area (Å²) in [5.74, 6) is -0.318.